The highest BCUT2D eigenvalue weighted by Gasteiger charge is 2.24. The van der Waals surface area contributed by atoms with E-state index >= 15 is 0 Å². The molecule has 30 heavy (non-hydrogen) atoms. The van der Waals surface area contributed by atoms with Gasteiger partial charge in [0, 0.05) is 11.8 Å². The van der Waals surface area contributed by atoms with Gasteiger partial charge in [0.2, 0.25) is 0 Å². The molecule has 10 heteroatoms. The zero-order valence-electron chi connectivity index (χ0n) is 16.2. The fourth-order valence-corrected chi connectivity index (χ4v) is 3.65. The number of esters is 1. The molecule has 0 bridgehead atoms. The van der Waals surface area contributed by atoms with Crippen molar-refractivity contribution in [1.29, 1.82) is 0 Å². The van der Waals surface area contributed by atoms with Crippen LogP contribution in [-0.2, 0) is 4.74 Å². The Balaban J connectivity index is 1.71. The van der Waals surface area contributed by atoms with Crippen molar-refractivity contribution >= 4 is 38.7 Å². The number of benzene rings is 1. The van der Waals surface area contributed by atoms with Crippen LogP contribution in [0.15, 0.2) is 48.7 Å². The van der Waals surface area contributed by atoms with Gasteiger partial charge in [0.15, 0.2) is 22.3 Å². The average Bonchev–Trinajstić information content (AvgIpc) is 3.33. The summed E-state index contributed by atoms with van der Waals surface area (Å²) in [5, 5.41) is 7.43. The number of carbonyl (C=O) groups is 2. The quantitative estimate of drug-likeness (QED) is 0.474. The maximum absolute atomic E-state index is 12.6. The molecule has 3 aromatic heterocycles. The van der Waals surface area contributed by atoms with Gasteiger partial charge in [0.25, 0.3) is 5.91 Å². The second kappa shape index (κ2) is 8.29. The molecule has 3 heterocycles. The molecule has 9 nitrogen and oxygen atoms in total. The van der Waals surface area contributed by atoms with Gasteiger partial charge >= 0.3 is 5.97 Å². The predicted octanol–water partition coefficient (Wildman–Crippen LogP) is 3.31. The Morgan fingerprint density at radius 3 is 2.63 bits per heavy atom. The van der Waals surface area contributed by atoms with E-state index in [0.29, 0.717) is 32.6 Å². The van der Waals surface area contributed by atoms with Crippen LogP contribution in [0.1, 0.15) is 27.8 Å². The zero-order chi connectivity index (χ0) is 21.1. The molecule has 1 amide bonds. The third-order valence-electron chi connectivity index (χ3n) is 4.13. The second-order valence-electron chi connectivity index (χ2n) is 6.02. The minimum absolute atomic E-state index is 0.125. The van der Waals surface area contributed by atoms with E-state index in [1.165, 1.54) is 4.68 Å². The smallest absolute Gasteiger partial charge is 0.360 e. The number of fused-ring (bicyclic) bond motifs is 1. The number of carbonyl (C=O) groups excluding carboxylic acids is 2. The first-order valence-corrected chi connectivity index (χ1v) is 9.86. The van der Waals surface area contributed by atoms with Crippen molar-refractivity contribution in [2.45, 2.75) is 6.92 Å². The van der Waals surface area contributed by atoms with Crippen LogP contribution in [0.25, 0.3) is 16.2 Å². The maximum Gasteiger partial charge on any atom is 0.360 e. The Morgan fingerprint density at radius 1 is 1.17 bits per heavy atom. The molecule has 152 valence electrons. The minimum Gasteiger partial charge on any atom is -0.497 e. The first kappa shape index (κ1) is 19.5. The number of amides is 1. The van der Waals surface area contributed by atoms with Crippen LogP contribution < -0.4 is 10.1 Å². The van der Waals surface area contributed by atoms with Gasteiger partial charge < -0.3 is 9.47 Å². The van der Waals surface area contributed by atoms with Crippen molar-refractivity contribution in [3.63, 3.8) is 0 Å². The van der Waals surface area contributed by atoms with Crippen LogP contribution in [0.3, 0.4) is 0 Å². The monoisotopic (exact) mass is 423 g/mol. The van der Waals surface area contributed by atoms with E-state index in [9.17, 15) is 9.59 Å². The summed E-state index contributed by atoms with van der Waals surface area (Å²) in [6, 6.07) is 12.0. The molecule has 0 atom stereocenters. The Hall–Kier alpha value is -3.79. The summed E-state index contributed by atoms with van der Waals surface area (Å²) in [5.74, 6) is 0.260. The van der Waals surface area contributed by atoms with E-state index in [4.69, 9.17) is 9.47 Å². The number of ether oxygens (including phenoxy) is 2. The molecule has 4 aromatic rings. The van der Waals surface area contributed by atoms with Gasteiger partial charge in [-0.15, -0.1) is 0 Å². The number of rotatable bonds is 6. The Morgan fingerprint density at radius 2 is 1.97 bits per heavy atom. The van der Waals surface area contributed by atoms with Gasteiger partial charge in [-0.1, -0.05) is 17.4 Å². The maximum atomic E-state index is 12.6. The van der Waals surface area contributed by atoms with Crippen LogP contribution in [0, 0.1) is 0 Å². The van der Waals surface area contributed by atoms with Crippen molar-refractivity contribution in [3.05, 3.63) is 59.9 Å². The first-order chi connectivity index (χ1) is 14.6. The molecule has 1 aromatic carbocycles. The van der Waals surface area contributed by atoms with Crippen LogP contribution >= 0.6 is 11.3 Å². The second-order valence-corrected chi connectivity index (χ2v) is 7.02. The SMILES string of the molecule is CCOC(=O)c1nn(-c2ccccn2)c2nc(NC(=O)c3ccc(OC)cc3)sc12. The highest BCUT2D eigenvalue weighted by atomic mass is 32.1. The highest BCUT2D eigenvalue weighted by Crippen LogP contribution is 2.31. The summed E-state index contributed by atoms with van der Waals surface area (Å²) >= 11 is 1.14. The third-order valence-corrected chi connectivity index (χ3v) is 5.10. The average molecular weight is 423 g/mol. The van der Waals surface area contributed by atoms with Gasteiger partial charge in [-0.3, -0.25) is 10.1 Å². The number of hydrogen-bond donors (Lipinski definition) is 1. The number of hydrogen-bond acceptors (Lipinski definition) is 8. The Labute approximate surface area is 175 Å². The van der Waals surface area contributed by atoms with E-state index in [1.807, 2.05) is 0 Å². The molecule has 0 saturated carbocycles. The number of anilines is 1. The van der Waals surface area contributed by atoms with Crippen molar-refractivity contribution in [2.24, 2.45) is 0 Å². The number of nitrogens with zero attached hydrogens (tertiary/aromatic N) is 4. The van der Waals surface area contributed by atoms with E-state index in [0.717, 1.165) is 11.3 Å². The lowest BCUT2D eigenvalue weighted by Gasteiger charge is -2.04. The molecule has 1 N–H and O–H groups in total. The summed E-state index contributed by atoms with van der Waals surface area (Å²) in [6.45, 7) is 1.94. The number of aromatic nitrogens is 4. The van der Waals surface area contributed by atoms with Gasteiger partial charge in [0.1, 0.15) is 10.4 Å². The minimum atomic E-state index is -0.561. The van der Waals surface area contributed by atoms with Gasteiger partial charge in [-0.25, -0.2) is 9.78 Å². The number of pyridine rings is 1. The lowest BCUT2D eigenvalue weighted by Crippen LogP contribution is -2.12. The fourth-order valence-electron chi connectivity index (χ4n) is 2.74. The molecule has 4 rings (SSSR count). The van der Waals surface area contributed by atoms with Gasteiger partial charge in [-0.2, -0.15) is 14.8 Å². The molecule has 0 radical (unpaired) electrons. The summed E-state index contributed by atoms with van der Waals surface area (Å²) < 4.78 is 12.2. The largest absolute Gasteiger partial charge is 0.497 e. The summed E-state index contributed by atoms with van der Waals surface area (Å²) in [4.78, 5) is 33.7. The van der Waals surface area contributed by atoms with E-state index in [1.54, 1.807) is 62.7 Å². The molecular weight excluding hydrogens is 406 g/mol. The molecule has 0 saturated heterocycles. The molecule has 0 fully saturated rings. The molecule has 0 spiro atoms. The van der Waals surface area contributed by atoms with Crippen LogP contribution in [0.4, 0.5) is 5.13 Å². The van der Waals surface area contributed by atoms with Crippen molar-refractivity contribution in [2.75, 3.05) is 19.0 Å². The lowest BCUT2D eigenvalue weighted by molar-refractivity contribution is 0.0521. The van der Waals surface area contributed by atoms with Gasteiger partial charge in [0.05, 0.1) is 13.7 Å². The van der Waals surface area contributed by atoms with E-state index < -0.39 is 5.97 Å². The van der Waals surface area contributed by atoms with Crippen LogP contribution in [-0.4, -0.2) is 45.3 Å². The molecule has 0 aliphatic carbocycles. The van der Waals surface area contributed by atoms with E-state index in [-0.39, 0.29) is 18.2 Å². The first-order valence-electron chi connectivity index (χ1n) is 9.04. The number of thiazole rings is 1. The summed E-state index contributed by atoms with van der Waals surface area (Å²) in [6.07, 6.45) is 1.62. The molecule has 0 aliphatic rings. The fraction of sp³-hybridized carbons (Fsp3) is 0.150. The normalized spacial score (nSPS) is 10.7. The number of nitrogens with one attached hydrogen (secondary N) is 1. The predicted molar refractivity (Wildman–Crippen MR) is 111 cm³/mol. The number of methoxy groups -OCH3 is 1. The van der Waals surface area contributed by atoms with Crippen LogP contribution in [0.2, 0.25) is 0 Å². The summed E-state index contributed by atoms with van der Waals surface area (Å²) in [7, 11) is 1.56. The Kier molecular flexibility index (Phi) is 5.40. The molecule has 0 unspecified atom stereocenters. The molecule has 0 aliphatic heterocycles. The lowest BCUT2D eigenvalue weighted by atomic mass is 10.2. The van der Waals surface area contributed by atoms with Gasteiger partial charge in [-0.05, 0) is 43.3 Å². The zero-order valence-corrected chi connectivity index (χ0v) is 17.0. The highest BCUT2D eigenvalue weighted by molar-refractivity contribution is 7.22. The van der Waals surface area contributed by atoms with Crippen molar-refractivity contribution < 1.29 is 19.1 Å². The van der Waals surface area contributed by atoms with Crippen LogP contribution in [0.5, 0.6) is 5.75 Å². The van der Waals surface area contributed by atoms with Crippen molar-refractivity contribution in [1.82, 2.24) is 19.7 Å². The van der Waals surface area contributed by atoms with E-state index in [2.05, 4.69) is 20.4 Å². The van der Waals surface area contributed by atoms with Crippen molar-refractivity contribution in [3.8, 4) is 11.6 Å². The topological polar surface area (TPSA) is 108 Å². The third kappa shape index (κ3) is 3.72. The summed E-state index contributed by atoms with van der Waals surface area (Å²) in [5.41, 5.74) is 0.985. The Bertz CT molecular complexity index is 1200. The standard InChI is InChI=1S/C20H17N5O4S/c1-3-29-19(27)15-16-17(25(24-15)14-6-4-5-11-21-14)22-20(30-16)23-18(26)12-7-9-13(28-2)10-8-12/h4-11H,3H2,1-2H3,(H,22,23,26). The molecular formula is C20H17N5O4S.